The van der Waals surface area contributed by atoms with E-state index in [1.165, 1.54) is 12.8 Å². The Morgan fingerprint density at radius 2 is 1.88 bits per heavy atom. The van der Waals surface area contributed by atoms with Gasteiger partial charge in [-0.25, -0.2) is 0 Å². The Morgan fingerprint density at radius 3 is 2.53 bits per heavy atom. The third-order valence-corrected chi connectivity index (χ3v) is 3.87. The third kappa shape index (κ3) is 2.31. The van der Waals surface area contributed by atoms with Gasteiger partial charge < -0.3 is 10.4 Å². The van der Waals surface area contributed by atoms with Gasteiger partial charge in [0, 0.05) is 37.8 Å². The van der Waals surface area contributed by atoms with E-state index in [2.05, 4.69) is 16.3 Å². The summed E-state index contributed by atoms with van der Waals surface area (Å²) in [4.78, 5) is 2.53. The van der Waals surface area contributed by atoms with Gasteiger partial charge in [-0.05, 0) is 24.8 Å². The number of aromatic hydroxyl groups is 1. The molecule has 2 N–H and O–H groups in total. The number of benzene rings is 1. The summed E-state index contributed by atoms with van der Waals surface area (Å²) >= 11 is 0. The highest BCUT2D eigenvalue weighted by Crippen LogP contribution is 2.46. The standard InChI is InChI=1S/C14H20N2O/c17-13-4-2-1-3-12(13)14(11-5-6-11)16-9-7-15-8-10-16/h1-4,11,14-15,17H,5-10H2/t14-/m0/s1. The molecule has 1 aromatic rings. The van der Waals surface area contributed by atoms with Gasteiger partial charge in [0.2, 0.25) is 0 Å². The number of para-hydroxylation sites is 1. The Morgan fingerprint density at radius 1 is 1.18 bits per heavy atom. The molecule has 0 bridgehead atoms. The van der Waals surface area contributed by atoms with E-state index in [-0.39, 0.29) is 0 Å². The third-order valence-electron chi connectivity index (χ3n) is 3.87. The van der Waals surface area contributed by atoms with Crippen molar-refractivity contribution in [3.8, 4) is 5.75 Å². The van der Waals surface area contributed by atoms with Crippen LogP contribution in [-0.2, 0) is 0 Å². The van der Waals surface area contributed by atoms with Crippen LogP contribution in [0.1, 0.15) is 24.4 Å². The second kappa shape index (κ2) is 4.67. The van der Waals surface area contributed by atoms with Gasteiger partial charge in [-0.2, -0.15) is 0 Å². The van der Waals surface area contributed by atoms with Crippen LogP contribution in [0.4, 0.5) is 0 Å². The molecule has 3 heteroatoms. The highest BCUT2D eigenvalue weighted by Gasteiger charge is 2.37. The highest BCUT2D eigenvalue weighted by molar-refractivity contribution is 5.35. The molecule has 0 aromatic heterocycles. The van der Waals surface area contributed by atoms with E-state index in [0.29, 0.717) is 11.8 Å². The maximum absolute atomic E-state index is 10.0. The number of phenolic OH excluding ortho intramolecular Hbond substituents is 1. The van der Waals surface area contributed by atoms with Crippen molar-refractivity contribution in [1.82, 2.24) is 10.2 Å². The molecule has 1 saturated heterocycles. The second-order valence-corrected chi connectivity index (χ2v) is 5.13. The number of piperazine rings is 1. The molecule has 1 aliphatic carbocycles. The number of hydrogen-bond acceptors (Lipinski definition) is 3. The molecule has 3 rings (SSSR count). The number of rotatable bonds is 3. The molecule has 0 unspecified atom stereocenters. The van der Waals surface area contributed by atoms with E-state index in [0.717, 1.165) is 37.7 Å². The molecule has 1 saturated carbocycles. The largest absolute Gasteiger partial charge is 0.508 e. The van der Waals surface area contributed by atoms with Gasteiger partial charge >= 0.3 is 0 Å². The second-order valence-electron chi connectivity index (χ2n) is 5.13. The first-order chi connectivity index (χ1) is 8.36. The highest BCUT2D eigenvalue weighted by atomic mass is 16.3. The maximum Gasteiger partial charge on any atom is 0.120 e. The molecule has 0 amide bonds. The lowest BCUT2D eigenvalue weighted by molar-refractivity contribution is 0.153. The molecular weight excluding hydrogens is 212 g/mol. The summed E-state index contributed by atoms with van der Waals surface area (Å²) in [5, 5.41) is 13.4. The predicted octanol–water partition coefficient (Wildman–Crippen LogP) is 1.75. The van der Waals surface area contributed by atoms with Gasteiger partial charge in [0.05, 0.1) is 0 Å². The summed E-state index contributed by atoms with van der Waals surface area (Å²) in [6, 6.07) is 8.26. The van der Waals surface area contributed by atoms with Crippen molar-refractivity contribution >= 4 is 0 Å². The van der Waals surface area contributed by atoms with Gasteiger partial charge in [-0.1, -0.05) is 18.2 Å². The molecule has 1 atom stereocenters. The van der Waals surface area contributed by atoms with Crippen LogP contribution < -0.4 is 5.32 Å². The Bertz CT molecular complexity index is 384. The average molecular weight is 232 g/mol. The fourth-order valence-corrected chi connectivity index (χ4v) is 2.86. The lowest BCUT2D eigenvalue weighted by atomic mass is 9.99. The van der Waals surface area contributed by atoms with E-state index in [9.17, 15) is 5.11 Å². The first kappa shape index (κ1) is 11.1. The minimum atomic E-state index is 0.429. The van der Waals surface area contributed by atoms with Crippen LogP contribution in [-0.4, -0.2) is 36.2 Å². The molecule has 1 heterocycles. The van der Waals surface area contributed by atoms with Crippen molar-refractivity contribution in [3.05, 3.63) is 29.8 Å². The summed E-state index contributed by atoms with van der Waals surface area (Å²) in [5.74, 6) is 1.21. The molecule has 2 fully saturated rings. The minimum Gasteiger partial charge on any atom is -0.508 e. The van der Waals surface area contributed by atoms with E-state index in [1.54, 1.807) is 0 Å². The lowest BCUT2D eigenvalue weighted by Crippen LogP contribution is -2.45. The number of hydrogen-bond donors (Lipinski definition) is 2. The summed E-state index contributed by atoms with van der Waals surface area (Å²) in [6.45, 7) is 4.32. The minimum absolute atomic E-state index is 0.429. The number of nitrogens with one attached hydrogen (secondary N) is 1. The molecule has 2 aliphatic rings. The SMILES string of the molecule is Oc1ccccc1[C@H](C1CC1)N1CCNCC1. The molecule has 1 aliphatic heterocycles. The van der Waals surface area contributed by atoms with Crippen LogP contribution in [0.5, 0.6) is 5.75 Å². The zero-order valence-electron chi connectivity index (χ0n) is 10.1. The molecule has 0 spiro atoms. The summed E-state index contributed by atoms with van der Waals surface area (Å²) in [7, 11) is 0. The normalized spacial score (nSPS) is 23.5. The molecular formula is C14H20N2O. The Hall–Kier alpha value is -1.06. The van der Waals surface area contributed by atoms with Gasteiger partial charge in [-0.3, -0.25) is 4.90 Å². The monoisotopic (exact) mass is 232 g/mol. The molecule has 3 nitrogen and oxygen atoms in total. The Labute approximate surface area is 102 Å². The topological polar surface area (TPSA) is 35.5 Å². The van der Waals surface area contributed by atoms with Crippen molar-refractivity contribution in [3.63, 3.8) is 0 Å². The van der Waals surface area contributed by atoms with Crippen LogP contribution >= 0.6 is 0 Å². The number of phenols is 1. The zero-order chi connectivity index (χ0) is 11.7. The zero-order valence-corrected chi connectivity index (χ0v) is 10.1. The van der Waals surface area contributed by atoms with Gasteiger partial charge in [0.15, 0.2) is 0 Å². The molecule has 17 heavy (non-hydrogen) atoms. The van der Waals surface area contributed by atoms with Crippen molar-refractivity contribution < 1.29 is 5.11 Å². The van der Waals surface area contributed by atoms with Crippen molar-refractivity contribution in [2.24, 2.45) is 5.92 Å². The number of nitrogens with zero attached hydrogens (tertiary/aromatic N) is 1. The predicted molar refractivity (Wildman–Crippen MR) is 68.0 cm³/mol. The van der Waals surface area contributed by atoms with Crippen LogP contribution in [0, 0.1) is 5.92 Å². The molecule has 92 valence electrons. The first-order valence-electron chi connectivity index (χ1n) is 6.59. The average Bonchev–Trinajstić information content (AvgIpc) is 3.18. The summed E-state index contributed by atoms with van der Waals surface area (Å²) in [6.07, 6.45) is 2.62. The van der Waals surface area contributed by atoms with Crippen molar-refractivity contribution in [1.29, 1.82) is 0 Å². The van der Waals surface area contributed by atoms with E-state index in [1.807, 2.05) is 18.2 Å². The Kier molecular flexibility index (Phi) is 3.04. The fourth-order valence-electron chi connectivity index (χ4n) is 2.86. The molecule has 1 aromatic carbocycles. The van der Waals surface area contributed by atoms with Crippen molar-refractivity contribution in [2.45, 2.75) is 18.9 Å². The van der Waals surface area contributed by atoms with Crippen LogP contribution in [0.25, 0.3) is 0 Å². The summed E-state index contributed by atoms with van der Waals surface area (Å²) in [5.41, 5.74) is 1.12. The van der Waals surface area contributed by atoms with Crippen LogP contribution in [0.3, 0.4) is 0 Å². The van der Waals surface area contributed by atoms with E-state index in [4.69, 9.17) is 0 Å². The smallest absolute Gasteiger partial charge is 0.120 e. The summed E-state index contributed by atoms with van der Waals surface area (Å²) < 4.78 is 0. The quantitative estimate of drug-likeness (QED) is 0.833. The first-order valence-corrected chi connectivity index (χ1v) is 6.59. The van der Waals surface area contributed by atoms with Gasteiger partial charge in [0.1, 0.15) is 5.75 Å². The van der Waals surface area contributed by atoms with Crippen molar-refractivity contribution in [2.75, 3.05) is 26.2 Å². The van der Waals surface area contributed by atoms with Gasteiger partial charge in [0.25, 0.3) is 0 Å². The molecule has 0 radical (unpaired) electrons. The van der Waals surface area contributed by atoms with Gasteiger partial charge in [-0.15, -0.1) is 0 Å². The fraction of sp³-hybridized carbons (Fsp3) is 0.571. The lowest BCUT2D eigenvalue weighted by Gasteiger charge is -2.35. The van der Waals surface area contributed by atoms with Crippen LogP contribution in [0.15, 0.2) is 24.3 Å². The van der Waals surface area contributed by atoms with E-state index >= 15 is 0 Å². The maximum atomic E-state index is 10.0. The van der Waals surface area contributed by atoms with E-state index < -0.39 is 0 Å². The van der Waals surface area contributed by atoms with Crippen LogP contribution in [0.2, 0.25) is 0 Å². The Balaban J connectivity index is 1.86.